The number of rotatable bonds is 8. The Kier molecular flexibility index (Phi) is 5.67. The number of H-pyrrole nitrogens is 1. The number of carbonyl (C=O) groups excluding carboxylic acids is 2. The van der Waals surface area contributed by atoms with Gasteiger partial charge in [0.05, 0.1) is 37.7 Å². The van der Waals surface area contributed by atoms with E-state index < -0.39 is 17.4 Å². The Balaban J connectivity index is 1.07. The molecule has 2 aromatic rings. The Hall–Kier alpha value is -2.68. The van der Waals surface area contributed by atoms with E-state index in [4.69, 9.17) is 9.47 Å². The second-order valence-corrected chi connectivity index (χ2v) is 9.87. The molecular weight excluding hydrogens is 432 g/mol. The lowest BCUT2D eigenvalue weighted by atomic mass is 9.77. The van der Waals surface area contributed by atoms with Crippen LogP contribution in [0.3, 0.4) is 0 Å². The Morgan fingerprint density at radius 2 is 2.06 bits per heavy atom. The van der Waals surface area contributed by atoms with Gasteiger partial charge >= 0.3 is 0 Å². The van der Waals surface area contributed by atoms with Crippen LogP contribution >= 0.6 is 0 Å². The fourth-order valence-corrected chi connectivity index (χ4v) is 6.12. The molecule has 3 fully saturated rings. The van der Waals surface area contributed by atoms with Gasteiger partial charge in [-0.15, -0.1) is 0 Å². The van der Waals surface area contributed by atoms with Gasteiger partial charge in [-0.25, -0.2) is 0 Å². The van der Waals surface area contributed by atoms with Crippen molar-refractivity contribution in [3.8, 4) is 0 Å². The number of nitrogens with zero attached hydrogens (tertiary/aromatic N) is 2. The van der Waals surface area contributed by atoms with Crippen LogP contribution < -0.4 is 5.32 Å². The number of nitrogens with one attached hydrogen (secondary N) is 2. The summed E-state index contributed by atoms with van der Waals surface area (Å²) in [5.74, 6) is -0.890. The Morgan fingerprint density at radius 3 is 2.94 bits per heavy atom. The van der Waals surface area contributed by atoms with Gasteiger partial charge in [-0.2, -0.15) is 0 Å². The van der Waals surface area contributed by atoms with E-state index in [1.807, 2.05) is 35.4 Å². The van der Waals surface area contributed by atoms with E-state index in [9.17, 15) is 9.59 Å². The molecule has 8 heteroatoms. The van der Waals surface area contributed by atoms with Gasteiger partial charge in [-0.1, -0.05) is 30.4 Å². The van der Waals surface area contributed by atoms with Crippen molar-refractivity contribution in [3.63, 3.8) is 0 Å². The molecule has 4 aliphatic heterocycles. The third-order valence-corrected chi connectivity index (χ3v) is 7.86. The number of likely N-dealkylation sites (tertiary alicyclic amines) is 1. The normalized spacial score (nSPS) is 30.4. The highest BCUT2D eigenvalue weighted by molar-refractivity contribution is 5.93. The molecular formula is C26H32N4O4. The second-order valence-electron chi connectivity index (χ2n) is 9.87. The Labute approximate surface area is 199 Å². The maximum atomic E-state index is 13.5. The number of fused-ring (bicyclic) bond motifs is 2. The van der Waals surface area contributed by atoms with Crippen molar-refractivity contribution in [2.75, 3.05) is 52.5 Å². The van der Waals surface area contributed by atoms with E-state index in [-0.39, 0.29) is 17.9 Å². The predicted octanol–water partition coefficient (Wildman–Crippen LogP) is 1.33. The van der Waals surface area contributed by atoms with Gasteiger partial charge in [0.2, 0.25) is 11.8 Å². The lowest BCUT2D eigenvalue weighted by Crippen LogP contribution is -2.45. The van der Waals surface area contributed by atoms with E-state index in [2.05, 4.69) is 27.3 Å². The minimum Gasteiger partial charge on any atom is -0.379 e. The zero-order valence-corrected chi connectivity index (χ0v) is 19.4. The SMILES string of the molecule is O=C(NCCCN1CCOCC1)C1C2C=C[C@]3(CN(CCc4c[nH]c5ccccc45)C(=O)C13)O2. The summed E-state index contributed by atoms with van der Waals surface area (Å²) in [7, 11) is 0. The van der Waals surface area contributed by atoms with Crippen LogP contribution in [0.25, 0.3) is 10.9 Å². The van der Waals surface area contributed by atoms with E-state index in [1.165, 1.54) is 10.9 Å². The first-order valence-corrected chi connectivity index (χ1v) is 12.4. The second kappa shape index (κ2) is 8.83. The van der Waals surface area contributed by atoms with Crippen LogP contribution in [0.4, 0.5) is 0 Å². The molecule has 3 saturated heterocycles. The van der Waals surface area contributed by atoms with Crippen molar-refractivity contribution in [1.29, 1.82) is 0 Å². The molecule has 6 rings (SSSR count). The van der Waals surface area contributed by atoms with Gasteiger partial charge in [-0.3, -0.25) is 14.5 Å². The minimum atomic E-state index is -0.655. The Bertz CT molecular complexity index is 1110. The molecule has 0 aliphatic carbocycles. The molecule has 1 aromatic carbocycles. The highest BCUT2D eigenvalue weighted by Crippen LogP contribution is 2.51. The fraction of sp³-hybridized carbons (Fsp3) is 0.538. The number of hydrogen-bond acceptors (Lipinski definition) is 5. The summed E-state index contributed by atoms with van der Waals surface area (Å²) in [6.45, 7) is 6.16. The van der Waals surface area contributed by atoms with Crippen LogP contribution in [-0.2, 0) is 25.5 Å². The average molecular weight is 465 g/mol. The van der Waals surface area contributed by atoms with Crippen LogP contribution in [0.5, 0.6) is 0 Å². The van der Waals surface area contributed by atoms with Gasteiger partial charge in [0.25, 0.3) is 0 Å². The third-order valence-electron chi connectivity index (χ3n) is 7.86. The van der Waals surface area contributed by atoms with Crippen LogP contribution in [0.15, 0.2) is 42.6 Å². The van der Waals surface area contributed by atoms with Crippen LogP contribution in [0.1, 0.15) is 12.0 Å². The molecule has 4 atom stereocenters. The summed E-state index contributed by atoms with van der Waals surface area (Å²) < 4.78 is 11.7. The third kappa shape index (κ3) is 3.74. The summed E-state index contributed by atoms with van der Waals surface area (Å²) in [5, 5.41) is 4.28. The maximum Gasteiger partial charge on any atom is 0.230 e. The van der Waals surface area contributed by atoms with E-state index in [0.29, 0.717) is 19.6 Å². The van der Waals surface area contributed by atoms with Gasteiger partial charge in [-0.05, 0) is 31.0 Å². The molecule has 34 heavy (non-hydrogen) atoms. The van der Waals surface area contributed by atoms with Gasteiger partial charge < -0.3 is 24.7 Å². The number of para-hydroxylation sites is 1. The standard InChI is InChI=1S/C26H32N4O4/c31-24(27-9-3-10-29-12-14-33-15-13-29)22-21-6-8-26(34-21)17-30(25(32)23(22)26)11-7-18-16-28-20-5-2-1-4-19(18)20/h1-2,4-6,8,16,21-23,28H,3,7,9-15,17H2,(H,27,31)/t21?,22?,23?,26-/m1/s1. The van der Waals surface area contributed by atoms with Crippen LogP contribution in [0, 0.1) is 11.8 Å². The van der Waals surface area contributed by atoms with Crippen LogP contribution in [0.2, 0.25) is 0 Å². The summed E-state index contributed by atoms with van der Waals surface area (Å²) in [6, 6.07) is 8.21. The first-order chi connectivity index (χ1) is 16.6. The number of amides is 2. The highest BCUT2D eigenvalue weighted by Gasteiger charge is 2.66. The van der Waals surface area contributed by atoms with Crippen molar-refractivity contribution < 1.29 is 19.1 Å². The summed E-state index contributed by atoms with van der Waals surface area (Å²) >= 11 is 0. The minimum absolute atomic E-state index is 0.0418. The van der Waals surface area contributed by atoms with E-state index in [1.54, 1.807) is 0 Å². The highest BCUT2D eigenvalue weighted by atomic mass is 16.5. The zero-order valence-electron chi connectivity index (χ0n) is 19.4. The predicted molar refractivity (Wildman–Crippen MR) is 127 cm³/mol. The molecule has 180 valence electrons. The van der Waals surface area contributed by atoms with Crippen molar-refractivity contribution in [3.05, 3.63) is 48.2 Å². The lowest BCUT2D eigenvalue weighted by molar-refractivity contribution is -0.137. The first kappa shape index (κ1) is 21.8. The molecule has 3 unspecified atom stereocenters. The monoisotopic (exact) mass is 464 g/mol. The zero-order chi connectivity index (χ0) is 23.1. The largest absolute Gasteiger partial charge is 0.379 e. The number of morpholine rings is 1. The van der Waals surface area contributed by atoms with Crippen molar-refractivity contribution in [2.24, 2.45) is 11.8 Å². The number of benzene rings is 1. The topological polar surface area (TPSA) is 86.9 Å². The molecule has 0 radical (unpaired) electrons. The smallest absolute Gasteiger partial charge is 0.230 e. The van der Waals surface area contributed by atoms with Crippen LogP contribution in [-0.4, -0.2) is 90.8 Å². The lowest BCUT2D eigenvalue weighted by Gasteiger charge is -2.27. The van der Waals surface area contributed by atoms with Crippen molar-refractivity contribution in [2.45, 2.75) is 24.5 Å². The molecule has 5 heterocycles. The summed E-state index contributed by atoms with van der Waals surface area (Å²) in [5.41, 5.74) is 1.65. The molecule has 4 aliphatic rings. The van der Waals surface area contributed by atoms with Gasteiger partial charge in [0.15, 0.2) is 0 Å². The molecule has 2 N–H and O–H groups in total. The summed E-state index contributed by atoms with van der Waals surface area (Å²) in [6.07, 6.45) is 7.38. The first-order valence-electron chi connectivity index (χ1n) is 12.4. The number of carbonyl (C=O) groups is 2. The number of ether oxygens (including phenoxy) is 2. The molecule has 0 saturated carbocycles. The van der Waals surface area contributed by atoms with Crippen molar-refractivity contribution >= 4 is 22.7 Å². The number of hydrogen-bond donors (Lipinski definition) is 2. The fourth-order valence-electron chi connectivity index (χ4n) is 6.12. The average Bonchev–Trinajstić information content (AvgIpc) is 3.61. The quantitative estimate of drug-likeness (QED) is 0.455. The van der Waals surface area contributed by atoms with E-state index in [0.717, 1.165) is 51.2 Å². The molecule has 2 amide bonds. The molecule has 1 aromatic heterocycles. The van der Waals surface area contributed by atoms with Crippen molar-refractivity contribution in [1.82, 2.24) is 20.1 Å². The maximum absolute atomic E-state index is 13.5. The molecule has 1 spiro atoms. The Morgan fingerprint density at radius 1 is 1.21 bits per heavy atom. The van der Waals surface area contributed by atoms with Gasteiger partial charge in [0, 0.05) is 43.3 Å². The number of aromatic nitrogens is 1. The summed E-state index contributed by atoms with van der Waals surface area (Å²) in [4.78, 5) is 34.1. The number of aromatic amines is 1. The van der Waals surface area contributed by atoms with E-state index >= 15 is 0 Å². The molecule has 2 bridgehead atoms. The van der Waals surface area contributed by atoms with Gasteiger partial charge in [0.1, 0.15) is 5.60 Å². The molecule has 8 nitrogen and oxygen atoms in total.